The summed E-state index contributed by atoms with van der Waals surface area (Å²) < 4.78 is 5.46. The Bertz CT molecular complexity index is 813. The van der Waals surface area contributed by atoms with Gasteiger partial charge in [-0.05, 0) is 48.4 Å². The van der Waals surface area contributed by atoms with E-state index in [0.717, 1.165) is 22.6 Å². The standard InChI is InChI=1S/C18H17ClN2O3S/c19-12-4-5-16-14(9-12)15(6-7-25-16)21-17(22)10-24-13-3-1-2-11(8-13)18(20)23/h1-5,8-9,15H,6-7,10H2,(H2,20,23)(H,21,22)/t15-/m1/s1. The van der Waals surface area contributed by atoms with Crippen LogP contribution in [0.4, 0.5) is 0 Å². The van der Waals surface area contributed by atoms with Crippen molar-refractivity contribution in [3.8, 4) is 5.75 Å². The van der Waals surface area contributed by atoms with Crippen LogP contribution in [-0.2, 0) is 4.79 Å². The number of benzene rings is 2. The monoisotopic (exact) mass is 376 g/mol. The molecule has 5 nitrogen and oxygen atoms in total. The number of carbonyl (C=O) groups is 2. The molecule has 0 bridgehead atoms. The highest BCUT2D eigenvalue weighted by molar-refractivity contribution is 7.99. The predicted octanol–water partition coefficient (Wildman–Crippen LogP) is 3.17. The minimum Gasteiger partial charge on any atom is -0.484 e. The first kappa shape index (κ1) is 17.6. The third-order valence-corrected chi connectivity index (χ3v) is 5.19. The molecule has 0 spiro atoms. The molecule has 0 aromatic heterocycles. The minimum absolute atomic E-state index is 0.0806. The molecule has 3 rings (SSSR count). The number of hydrogen-bond donors (Lipinski definition) is 2. The van der Waals surface area contributed by atoms with E-state index in [2.05, 4.69) is 5.32 Å². The number of nitrogens with one attached hydrogen (secondary N) is 1. The topological polar surface area (TPSA) is 81.4 Å². The van der Waals surface area contributed by atoms with Crippen molar-refractivity contribution in [1.82, 2.24) is 5.32 Å². The van der Waals surface area contributed by atoms with Gasteiger partial charge in [0.15, 0.2) is 6.61 Å². The number of amides is 2. The van der Waals surface area contributed by atoms with Crippen LogP contribution in [0.25, 0.3) is 0 Å². The number of fused-ring (bicyclic) bond motifs is 1. The Morgan fingerprint density at radius 2 is 2.12 bits per heavy atom. The van der Waals surface area contributed by atoms with Crippen molar-refractivity contribution in [2.24, 2.45) is 5.73 Å². The lowest BCUT2D eigenvalue weighted by molar-refractivity contribution is -0.123. The molecule has 3 N–H and O–H groups in total. The number of thioether (sulfide) groups is 1. The smallest absolute Gasteiger partial charge is 0.258 e. The fourth-order valence-electron chi connectivity index (χ4n) is 2.64. The van der Waals surface area contributed by atoms with Crippen molar-refractivity contribution in [2.75, 3.05) is 12.4 Å². The van der Waals surface area contributed by atoms with E-state index in [9.17, 15) is 9.59 Å². The van der Waals surface area contributed by atoms with Crippen LogP contribution in [0.15, 0.2) is 47.4 Å². The summed E-state index contributed by atoms with van der Waals surface area (Å²) in [5.74, 6) is 0.589. The number of rotatable bonds is 5. The summed E-state index contributed by atoms with van der Waals surface area (Å²) in [7, 11) is 0. The van der Waals surface area contributed by atoms with Gasteiger partial charge >= 0.3 is 0 Å². The third kappa shape index (κ3) is 4.46. The molecule has 2 aromatic rings. The van der Waals surface area contributed by atoms with Crippen LogP contribution in [0.5, 0.6) is 5.75 Å². The summed E-state index contributed by atoms with van der Waals surface area (Å²) in [4.78, 5) is 24.5. The fraction of sp³-hybridized carbons (Fsp3) is 0.222. The first-order chi connectivity index (χ1) is 12.0. The van der Waals surface area contributed by atoms with Gasteiger partial charge in [-0.15, -0.1) is 11.8 Å². The highest BCUT2D eigenvalue weighted by Gasteiger charge is 2.22. The van der Waals surface area contributed by atoms with Crippen LogP contribution in [0.2, 0.25) is 5.02 Å². The van der Waals surface area contributed by atoms with E-state index in [1.54, 1.807) is 30.0 Å². The average Bonchev–Trinajstić information content (AvgIpc) is 2.61. The molecule has 2 aromatic carbocycles. The van der Waals surface area contributed by atoms with E-state index < -0.39 is 5.91 Å². The molecule has 1 heterocycles. The quantitative estimate of drug-likeness (QED) is 0.839. The van der Waals surface area contributed by atoms with Crippen LogP contribution in [0.1, 0.15) is 28.4 Å². The van der Waals surface area contributed by atoms with Gasteiger partial charge in [0.2, 0.25) is 5.91 Å². The fourth-order valence-corrected chi connectivity index (χ4v) is 3.93. The molecular formula is C18H17ClN2O3S. The number of primary amides is 1. The van der Waals surface area contributed by atoms with E-state index in [-0.39, 0.29) is 18.6 Å². The maximum Gasteiger partial charge on any atom is 0.258 e. The second-order valence-electron chi connectivity index (χ2n) is 5.62. The zero-order chi connectivity index (χ0) is 17.8. The molecule has 25 heavy (non-hydrogen) atoms. The molecule has 2 amide bonds. The zero-order valence-electron chi connectivity index (χ0n) is 13.3. The number of carbonyl (C=O) groups excluding carboxylic acids is 2. The van der Waals surface area contributed by atoms with Gasteiger partial charge in [-0.25, -0.2) is 0 Å². The Hall–Kier alpha value is -2.18. The second-order valence-corrected chi connectivity index (χ2v) is 7.19. The molecule has 0 fully saturated rings. The Kier molecular flexibility index (Phi) is 5.50. The first-order valence-electron chi connectivity index (χ1n) is 7.77. The molecule has 1 aliphatic heterocycles. The van der Waals surface area contributed by atoms with Crippen LogP contribution in [0, 0.1) is 0 Å². The number of ether oxygens (including phenoxy) is 1. The number of halogens is 1. The molecule has 0 aliphatic carbocycles. The average molecular weight is 377 g/mol. The lowest BCUT2D eigenvalue weighted by Crippen LogP contribution is -2.34. The van der Waals surface area contributed by atoms with Crippen molar-refractivity contribution in [2.45, 2.75) is 17.4 Å². The lowest BCUT2D eigenvalue weighted by atomic mass is 10.0. The van der Waals surface area contributed by atoms with Crippen molar-refractivity contribution in [3.05, 3.63) is 58.6 Å². The second kappa shape index (κ2) is 7.80. The van der Waals surface area contributed by atoms with Gasteiger partial charge in [-0.1, -0.05) is 17.7 Å². The summed E-state index contributed by atoms with van der Waals surface area (Å²) in [5.41, 5.74) is 6.61. The normalized spacial score (nSPS) is 16.0. The SMILES string of the molecule is NC(=O)c1cccc(OCC(=O)N[C@@H]2CCSc3ccc(Cl)cc32)c1. The van der Waals surface area contributed by atoms with Crippen molar-refractivity contribution in [1.29, 1.82) is 0 Å². The van der Waals surface area contributed by atoms with Gasteiger partial charge in [0.1, 0.15) is 5.75 Å². The lowest BCUT2D eigenvalue weighted by Gasteiger charge is -2.26. The molecule has 0 radical (unpaired) electrons. The van der Waals surface area contributed by atoms with Crippen molar-refractivity contribution >= 4 is 35.2 Å². The van der Waals surface area contributed by atoms with Gasteiger partial charge in [-0.3, -0.25) is 9.59 Å². The van der Waals surface area contributed by atoms with E-state index in [0.29, 0.717) is 16.3 Å². The summed E-state index contributed by atoms with van der Waals surface area (Å²) in [6, 6.07) is 12.1. The third-order valence-electron chi connectivity index (χ3n) is 3.84. The molecule has 0 unspecified atom stereocenters. The summed E-state index contributed by atoms with van der Waals surface area (Å²) >= 11 is 7.83. The molecule has 7 heteroatoms. The van der Waals surface area contributed by atoms with E-state index in [1.165, 1.54) is 6.07 Å². The molecule has 0 saturated heterocycles. The van der Waals surface area contributed by atoms with Crippen LogP contribution in [0.3, 0.4) is 0 Å². The van der Waals surface area contributed by atoms with Gasteiger partial charge < -0.3 is 15.8 Å². The van der Waals surface area contributed by atoms with E-state index in [1.807, 2.05) is 18.2 Å². The first-order valence-corrected chi connectivity index (χ1v) is 9.13. The van der Waals surface area contributed by atoms with Crippen LogP contribution in [-0.4, -0.2) is 24.2 Å². The van der Waals surface area contributed by atoms with E-state index >= 15 is 0 Å². The van der Waals surface area contributed by atoms with Crippen LogP contribution < -0.4 is 15.8 Å². The minimum atomic E-state index is -0.539. The molecule has 130 valence electrons. The molecular weight excluding hydrogens is 360 g/mol. The van der Waals surface area contributed by atoms with E-state index in [4.69, 9.17) is 22.1 Å². The maximum atomic E-state index is 12.2. The van der Waals surface area contributed by atoms with Crippen molar-refractivity contribution in [3.63, 3.8) is 0 Å². The number of hydrogen-bond acceptors (Lipinski definition) is 4. The van der Waals surface area contributed by atoms with Gasteiger partial charge in [-0.2, -0.15) is 0 Å². The summed E-state index contributed by atoms with van der Waals surface area (Å²) in [5, 5.41) is 3.64. The summed E-state index contributed by atoms with van der Waals surface area (Å²) in [6.07, 6.45) is 0.834. The molecule has 0 saturated carbocycles. The summed E-state index contributed by atoms with van der Waals surface area (Å²) in [6.45, 7) is -0.137. The van der Waals surface area contributed by atoms with Gasteiger partial charge in [0, 0.05) is 21.2 Å². The highest BCUT2D eigenvalue weighted by atomic mass is 35.5. The number of nitrogens with two attached hydrogens (primary N) is 1. The highest BCUT2D eigenvalue weighted by Crippen LogP contribution is 2.37. The molecule has 1 atom stereocenters. The predicted molar refractivity (Wildman–Crippen MR) is 98.1 cm³/mol. The largest absolute Gasteiger partial charge is 0.484 e. The Labute approximate surface area is 154 Å². The Balaban J connectivity index is 1.61. The van der Waals surface area contributed by atoms with Crippen molar-refractivity contribution < 1.29 is 14.3 Å². The van der Waals surface area contributed by atoms with Gasteiger partial charge in [0.05, 0.1) is 6.04 Å². The Morgan fingerprint density at radius 1 is 1.28 bits per heavy atom. The Morgan fingerprint density at radius 3 is 2.92 bits per heavy atom. The zero-order valence-corrected chi connectivity index (χ0v) is 14.9. The van der Waals surface area contributed by atoms with Gasteiger partial charge in [0.25, 0.3) is 5.91 Å². The van der Waals surface area contributed by atoms with Crippen LogP contribution >= 0.6 is 23.4 Å². The maximum absolute atomic E-state index is 12.2. The molecule has 1 aliphatic rings.